The molecular formula is C58H36IrN4-2. The van der Waals surface area contributed by atoms with Crippen LogP contribution >= 0.6 is 0 Å². The van der Waals surface area contributed by atoms with E-state index in [1.165, 1.54) is 65.3 Å². The minimum atomic E-state index is 0. The molecule has 0 aliphatic heterocycles. The molecule has 0 aliphatic carbocycles. The molecule has 13 aromatic rings. The van der Waals surface area contributed by atoms with Crippen LogP contribution in [0.5, 0.6) is 0 Å². The number of benzene rings is 9. The largest absolute Gasteiger partial charge is 0.304 e. The molecule has 0 N–H and O–H groups in total. The van der Waals surface area contributed by atoms with Crippen molar-refractivity contribution in [1.82, 2.24) is 19.9 Å². The molecule has 0 saturated heterocycles. The van der Waals surface area contributed by atoms with Crippen LogP contribution in [0.2, 0.25) is 0 Å². The summed E-state index contributed by atoms with van der Waals surface area (Å²) in [6.45, 7) is 0. The fourth-order valence-corrected chi connectivity index (χ4v) is 8.83. The molecule has 1 radical (unpaired) electrons. The maximum absolute atomic E-state index is 4.67. The summed E-state index contributed by atoms with van der Waals surface area (Å²) in [7, 11) is 0. The van der Waals surface area contributed by atoms with Gasteiger partial charge in [-0.1, -0.05) is 155 Å². The zero-order valence-electron chi connectivity index (χ0n) is 33.9. The SMILES string of the molecule is [Ir].[c-]1cccc2c1c1ncccc1c1ccccc21.[c-]1cccc2c1c1ncccc1c1ccccc21.c1ccc(-c2ccnc3c2ccc2c(-c4ccccc4)ccnc23)cc1. The molecule has 9 aromatic carbocycles. The molecule has 0 atom stereocenters. The third-order valence-corrected chi connectivity index (χ3v) is 11.6. The van der Waals surface area contributed by atoms with Gasteiger partial charge in [0.05, 0.1) is 11.0 Å². The average molecular weight is 981 g/mol. The normalized spacial score (nSPS) is 11.0. The van der Waals surface area contributed by atoms with Gasteiger partial charge in [0.15, 0.2) is 0 Å². The van der Waals surface area contributed by atoms with Crippen LogP contribution in [0, 0.1) is 12.1 Å². The quantitative estimate of drug-likeness (QED) is 0.128. The first kappa shape index (κ1) is 39.4. The molecule has 299 valence electrons. The molecule has 13 rings (SSSR count). The van der Waals surface area contributed by atoms with Crippen LogP contribution in [0.4, 0.5) is 0 Å². The van der Waals surface area contributed by atoms with Crippen molar-refractivity contribution in [3.05, 3.63) is 231 Å². The number of hydrogen-bond acceptors (Lipinski definition) is 4. The van der Waals surface area contributed by atoms with Gasteiger partial charge >= 0.3 is 0 Å². The molecule has 0 unspecified atom stereocenters. The van der Waals surface area contributed by atoms with Crippen molar-refractivity contribution in [1.29, 1.82) is 0 Å². The van der Waals surface area contributed by atoms with E-state index in [2.05, 4.69) is 178 Å². The smallest absolute Gasteiger partial charge is 0.0970 e. The van der Waals surface area contributed by atoms with E-state index in [0.29, 0.717) is 0 Å². The third kappa shape index (κ3) is 7.24. The van der Waals surface area contributed by atoms with Crippen molar-refractivity contribution >= 4 is 86.7 Å². The average Bonchev–Trinajstić information content (AvgIpc) is 3.37. The summed E-state index contributed by atoms with van der Waals surface area (Å²) < 4.78 is 0. The molecule has 0 fully saturated rings. The van der Waals surface area contributed by atoms with Crippen molar-refractivity contribution in [2.75, 3.05) is 0 Å². The van der Waals surface area contributed by atoms with Gasteiger partial charge in [-0.15, -0.1) is 59.3 Å². The van der Waals surface area contributed by atoms with Gasteiger partial charge in [0.25, 0.3) is 0 Å². The second-order valence-corrected chi connectivity index (χ2v) is 15.1. The summed E-state index contributed by atoms with van der Waals surface area (Å²) >= 11 is 0. The summed E-state index contributed by atoms with van der Waals surface area (Å²) in [6, 6.07) is 73.4. The fraction of sp³-hybridized carbons (Fsp3) is 0. The van der Waals surface area contributed by atoms with E-state index in [0.717, 1.165) is 43.6 Å². The summed E-state index contributed by atoms with van der Waals surface area (Å²) in [5.74, 6) is 0. The van der Waals surface area contributed by atoms with E-state index in [4.69, 9.17) is 0 Å². The van der Waals surface area contributed by atoms with Crippen LogP contribution in [-0.4, -0.2) is 19.9 Å². The van der Waals surface area contributed by atoms with E-state index >= 15 is 0 Å². The van der Waals surface area contributed by atoms with E-state index < -0.39 is 0 Å². The van der Waals surface area contributed by atoms with Crippen molar-refractivity contribution in [3.63, 3.8) is 0 Å². The van der Waals surface area contributed by atoms with Crippen molar-refractivity contribution in [2.45, 2.75) is 0 Å². The van der Waals surface area contributed by atoms with Gasteiger partial charge in [0.1, 0.15) is 0 Å². The molecule has 63 heavy (non-hydrogen) atoms. The van der Waals surface area contributed by atoms with Crippen LogP contribution < -0.4 is 0 Å². The van der Waals surface area contributed by atoms with E-state index in [1.54, 1.807) is 0 Å². The zero-order valence-corrected chi connectivity index (χ0v) is 36.3. The molecule has 0 saturated carbocycles. The summed E-state index contributed by atoms with van der Waals surface area (Å²) in [5, 5.41) is 14.4. The Hall–Kier alpha value is -7.69. The van der Waals surface area contributed by atoms with Gasteiger partial charge in [0.2, 0.25) is 0 Å². The first-order chi connectivity index (χ1) is 30.8. The number of nitrogens with zero attached hydrogens (tertiary/aromatic N) is 4. The van der Waals surface area contributed by atoms with Crippen molar-refractivity contribution in [3.8, 4) is 22.3 Å². The van der Waals surface area contributed by atoms with Crippen LogP contribution in [0.3, 0.4) is 0 Å². The molecule has 0 aliphatic rings. The molecule has 4 heterocycles. The van der Waals surface area contributed by atoms with Crippen LogP contribution in [0.15, 0.2) is 219 Å². The maximum atomic E-state index is 4.67. The Kier molecular flexibility index (Phi) is 10.9. The zero-order chi connectivity index (χ0) is 41.2. The summed E-state index contributed by atoms with van der Waals surface area (Å²) in [5.41, 5.74) is 8.72. The van der Waals surface area contributed by atoms with E-state index in [-0.39, 0.29) is 20.1 Å². The van der Waals surface area contributed by atoms with Gasteiger partial charge in [-0.3, -0.25) is 9.97 Å². The monoisotopic (exact) mass is 981 g/mol. The minimum absolute atomic E-state index is 0. The predicted octanol–water partition coefficient (Wildman–Crippen LogP) is 14.8. The molecule has 4 nitrogen and oxygen atoms in total. The van der Waals surface area contributed by atoms with Gasteiger partial charge in [-0.2, -0.15) is 0 Å². The van der Waals surface area contributed by atoms with Crippen LogP contribution in [0.1, 0.15) is 0 Å². The third-order valence-electron chi connectivity index (χ3n) is 11.6. The molecular weight excluding hydrogens is 945 g/mol. The second-order valence-electron chi connectivity index (χ2n) is 15.1. The standard InChI is InChI=1S/C24H16N2.2C17H10N.Ir/c1-3-7-17(8-4-1)19-13-15-25-23-21(19)11-12-22-20(14-16-26-24(22)23)18-9-5-2-6-10-18;2*1-2-7-14-12(6-1)13-8-3-4-9-15(13)17-16(14)10-5-11-18-17;/h1-16H;2*1-8,10-11H;/q;2*-1;. The molecule has 0 spiro atoms. The summed E-state index contributed by atoms with van der Waals surface area (Å²) in [6.07, 6.45) is 7.44. The summed E-state index contributed by atoms with van der Waals surface area (Å²) in [4.78, 5) is 18.4. The number of hydrogen-bond donors (Lipinski definition) is 0. The van der Waals surface area contributed by atoms with Gasteiger partial charge in [-0.05, 0) is 79.1 Å². The molecule has 0 amide bonds. The Morgan fingerprint density at radius 3 is 1.03 bits per heavy atom. The van der Waals surface area contributed by atoms with Crippen LogP contribution in [-0.2, 0) is 20.1 Å². The fourth-order valence-electron chi connectivity index (χ4n) is 8.83. The van der Waals surface area contributed by atoms with Crippen molar-refractivity contribution < 1.29 is 20.1 Å². The topological polar surface area (TPSA) is 51.6 Å². The first-order valence-corrected chi connectivity index (χ1v) is 20.7. The number of aromatic nitrogens is 4. The van der Waals surface area contributed by atoms with Gasteiger partial charge in [0, 0.05) is 55.7 Å². The maximum Gasteiger partial charge on any atom is 0.0970 e. The Morgan fingerprint density at radius 1 is 0.254 bits per heavy atom. The number of rotatable bonds is 2. The molecule has 5 heteroatoms. The van der Waals surface area contributed by atoms with Gasteiger partial charge < -0.3 is 9.97 Å². The van der Waals surface area contributed by atoms with Gasteiger partial charge in [-0.25, -0.2) is 0 Å². The number of fused-ring (bicyclic) bond motifs is 15. The first-order valence-electron chi connectivity index (χ1n) is 20.7. The predicted molar refractivity (Wildman–Crippen MR) is 259 cm³/mol. The van der Waals surface area contributed by atoms with Crippen LogP contribution in [0.25, 0.3) is 109 Å². The molecule has 0 bridgehead atoms. The number of pyridine rings is 4. The Balaban J connectivity index is 0.000000114. The van der Waals surface area contributed by atoms with E-state index in [9.17, 15) is 0 Å². The Bertz CT molecular complexity index is 3070. The Morgan fingerprint density at radius 2 is 0.603 bits per heavy atom. The minimum Gasteiger partial charge on any atom is -0.304 e. The Labute approximate surface area is 377 Å². The van der Waals surface area contributed by atoms with E-state index in [1.807, 2.05) is 73.3 Å². The van der Waals surface area contributed by atoms with Crippen molar-refractivity contribution in [2.24, 2.45) is 0 Å². The second kappa shape index (κ2) is 17.4. The molecule has 4 aromatic heterocycles.